The summed E-state index contributed by atoms with van der Waals surface area (Å²) in [5, 5.41) is 4.22. The molecule has 0 aliphatic rings. The molecule has 2 heterocycles. The van der Waals surface area contributed by atoms with Crippen molar-refractivity contribution in [2.75, 3.05) is 0 Å². The molecule has 1 atom stereocenters. The Kier molecular flexibility index (Phi) is 2.68. The molecule has 2 rings (SSSR count). The fraction of sp³-hybridized carbons (Fsp3) is 0.200. The van der Waals surface area contributed by atoms with Gasteiger partial charge in [-0.2, -0.15) is 5.10 Å². The van der Waals surface area contributed by atoms with Crippen LogP contribution in [0.1, 0.15) is 18.7 Å². The lowest BCUT2D eigenvalue weighted by Gasteiger charge is -2.11. The predicted molar refractivity (Wildman–Crippen MR) is 55.2 cm³/mol. The Balaban J connectivity index is 2.37. The Hall–Kier alpha value is -1.42. The fourth-order valence-electron chi connectivity index (χ4n) is 1.34. The van der Waals surface area contributed by atoms with E-state index in [0.717, 1.165) is 0 Å². The Morgan fingerprint density at radius 3 is 2.87 bits per heavy atom. The molecule has 0 radical (unpaired) electrons. The summed E-state index contributed by atoms with van der Waals surface area (Å²) in [6.45, 7) is 1.88. The lowest BCUT2D eigenvalue weighted by molar-refractivity contribution is 0.542. The molecule has 78 valence electrons. The maximum atomic E-state index is 13.1. The second-order valence-electron chi connectivity index (χ2n) is 3.19. The second kappa shape index (κ2) is 3.98. The van der Waals surface area contributed by atoms with Crippen molar-refractivity contribution >= 4 is 11.6 Å². The van der Waals surface area contributed by atoms with E-state index in [0.29, 0.717) is 5.69 Å². The Morgan fingerprint density at radius 2 is 2.27 bits per heavy atom. The van der Waals surface area contributed by atoms with E-state index in [2.05, 4.69) is 10.1 Å². The van der Waals surface area contributed by atoms with Crippen LogP contribution in [0.3, 0.4) is 0 Å². The number of aromatic nitrogens is 3. The molecule has 0 fully saturated rings. The topological polar surface area (TPSA) is 30.7 Å². The monoisotopic (exact) mass is 225 g/mol. The van der Waals surface area contributed by atoms with Crippen LogP contribution in [0.4, 0.5) is 4.39 Å². The highest BCUT2D eigenvalue weighted by Crippen LogP contribution is 2.18. The first-order valence-electron chi connectivity index (χ1n) is 4.49. The maximum absolute atomic E-state index is 13.1. The van der Waals surface area contributed by atoms with Gasteiger partial charge in [-0.25, -0.2) is 9.37 Å². The Labute approximate surface area is 91.5 Å². The molecule has 1 unspecified atom stereocenters. The minimum Gasteiger partial charge on any atom is -0.264 e. The summed E-state index contributed by atoms with van der Waals surface area (Å²) in [7, 11) is 0. The lowest BCUT2D eigenvalue weighted by atomic mass is 10.2. The summed E-state index contributed by atoms with van der Waals surface area (Å²) >= 11 is 5.67. The average Bonchev–Trinajstić information content (AvgIpc) is 2.67. The first kappa shape index (κ1) is 10.1. The first-order valence-corrected chi connectivity index (χ1v) is 4.87. The molecular weight excluding hydrogens is 217 g/mol. The van der Waals surface area contributed by atoms with Gasteiger partial charge in [0.05, 0.1) is 11.7 Å². The van der Waals surface area contributed by atoms with E-state index in [1.165, 1.54) is 12.1 Å². The molecule has 0 bridgehead atoms. The summed E-state index contributed by atoms with van der Waals surface area (Å²) in [6, 6.07) is 4.21. The quantitative estimate of drug-likeness (QED) is 0.736. The lowest BCUT2D eigenvalue weighted by Crippen LogP contribution is -2.09. The van der Waals surface area contributed by atoms with E-state index >= 15 is 0 Å². The Bertz CT molecular complexity index is 435. The third kappa shape index (κ3) is 2.15. The molecule has 0 saturated carbocycles. The minimum absolute atomic E-state index is 0.131. The highest BCUT2D eigenvalue weighted by molar-refractivity contribution is 6.29. The van der Waals surface area contributed by atoms with Crippen molar-refractivity contribution < 1.29 is 4.39 Å². The van der Waals surface area contributed by atoms with Crippen LogP contribution in [0.5, 0.6) is 0 Å². The zero-order valence-electron chi connectivity index (χ0n) is 8.06. The van der Waals surface area contributed by atoms with E-state index in [4.69, 9.17) is 11.6 Å². The van der Waals surface area contributed by atoms with Crippen LogP contribution in [0.2, 0.25) is 5.15 Å². The number of hydrogen-bond donors (Lipinski definition) is 0. The Morgan fingerprint density at radius 1 is 1.47 bits per heavy atom. The molecule has 0 aromatic carbocycles. The molecule has 2 aromatic rings. The fourth-order valence-corrected chi connectivity index (χ4v) is 1.55. The second-order valence-corrected chi connectivity index (χ2v) is 3.58. The standard InChI is InChI=1S/C10H9ClFN3/c1-7(15-4-2-3-13-15)9-5-8(12)6-10(11)14-9/h2-7H,1H3. The van der Waals surface area contributed by atoms with Gasteiger partial charge >= 0.3 is 0 Å². The SMILES string of the molecule is CC(c1cc(F)cc(Cl)n1)n1cccn1. The first-order chi connectivity index (χ1) is 7.16. The van der Waals surface area contributed by atoms with Gasteiger partial charge in [-0.3, -0.25) is 4.68 Å². The van der Waals surface area contributed by atoms with Gasteiger partial charge in [0.15, 0.2) is 0 Å². The van der Waals surface area contributed by atoms with Crippen molar-refractivity contribution in [3.8, 4) is 0 Å². The smallest absolute Gasteiger partial charge is 0.132 e. The van der Waals surface area contributed by atoms with Crippen LogP contribution in [0, 0.1) is 5.82 Å². The van der Waals surface area contributed by atoms with Crippen LogP contribution in [-0.4, -0.2) is 14.8 Å². The number of nitrogens with zero attached hydrogens (tertiary/aromatic N) is 3. The minimum atomic E-state index is -0.385. The van der Waals surface area contributed by atoms with Crippen molar-refractivity contribution in [2.24, 2.45) is 0 Å². The maximum Gasteiger partial charge on any atom is 0.132 e. The van der Waals surface area contributed by atoms with Gasteiger partial charge < -0.3 is 0 Å². The molecule has 0 spiro atoms. The van der Waals surface area contributed by atoms with Crippen molar-refractivity contribution in [3.05, 3.63) is 47.3 Å². The largest absolute Gasteiger partial charge is 0.264 e. The summed E-state index contributed by atoms with van der Waals surface area (Å²) < 4.78 is 14.8. The number of pyridine rings is 1. The van der Waals surface area contributed by atoms with Crippen LogP contribution in [-0.2, 0) is 0 Å². The average molecular weight is 226 g/mol. The normalized spacial score (nSPS) is 12.7. The molecule has 0 aliphatic heterocycles. The molecule has 5 heteroatoms. The molecule has 15 heavy (non-hydrogen) atoms. The van der Waals surface area contributed by atoms with Gasteiger partial charge in [-0.1, -0.05) is 11.6 Å². The number of hydrogen-bond acceptors (Lipinski definition) is 2. The van der Waals surface area contributed by atoms with Crippen molar-refractivity contribution in [1.29, 1.82) is 0 Å². The van der Waals surface area contributed by atoms with Gasteiger partial charge in [-0.05, 0) is 19.1 Å². The van der Waals surface area contributed by atoms with E-state index in [1.807, 2.05) is 6.92 Å². The molecule has 2 aromatic heterocycles. The zero-order valence-corrected chi connectivity index (χ0v) is 8.82. The van der Waals surface area contributed by atoms with Gasteiger partial charge in [0.2, 0.25) is 0 Å². The van der Waals surface area contributed by atoms with Crippen molar-refractivity contribution in [2.45, 2.75) is 13.0 Å². The zero-order chi connectivity index (χ0) is 10.8. The number of halogens is 2. The van der Waals surface area contributed by atoms with Gasteiger partial charge in [0.1, 0.15) is 11.0 Å². The number of rotatable bonds is 2. The van der Waals surface area contributed by atoms with E-state index in [9.17, 15) is 4.39 Å². The molecule has 0 aliphatic carbocycles. The van der Waals surface area contributed by atoms with Crippen molar-refractivity contribution in [3.63, 3.8) is 0 Å². The van der Waals surface area contributed by atoms with Crippen LogP contribution in [0.15, 0.2) is 30.6 Å². The van der Waals surface area contributed by atoms with Crippen LogP contribution >= 0.6 is 11.6 Å². The van der Waals surface area contributed by atoms with Gasteiger partial charge in [0.25, 0.3) is 0 Å². The van der Waals surface area contributed by atoms with Crippen LogP contribution < -0.4 is 0 Å². The summed E-state index contributed by atoms with van der Waals surface area (Å²) in [5.41, 5.74) is 0.559. The third-order valence-electron chi connectivity index (χ3n) is 2.13. The van der Waals surface area contributed by atoms with Crippen molar-refractivity contribution in [1.82, 2.24) is 14.8 Å². The molecule has 0 N–H and O–H groups in total. The molecule has 0 saturated heterocycles. The highest BCUT2D eigenvalue weighted by Gasteiger charge is 2.11. The van der Waals surface area contributed by atoms with E-state index in [-0.39, 0.29) is 17.0 Å². The van der Waals surface area contributed by atoms with Crippen LogP contribution in [0.25, 0.3) is 0 Å². The highest BCUT2D eigenvalue weighted by atomic mass is 35.5. The van der Waals surface area contributed by atoms with E-state index < -0.39 is 0 Å². The van der Waals surface area contributed by atoms with E-state index in [1.54, 1.807) is 23.1 Å². The molecular formula is C10H9ClFN3. The molecule has 0 amide bonds. The van der Waals surface area contributed by atoms with Gasteiger partial charge in [-0.15, -0.1) is 0 Å². The third-order valence-corrected chi connectivity index (χ3v) is 2.32. The molecule has 3 nitrogen and oxygen atoms in total. The summed E-state index contributed by atoms with van der Waals surface area (Å²) in [6.07, 6.45) is 3.46. The summed E-state index contributed by atoms with van der Waals surface area (Å²) in [5.74, 6) is -0.385. The predicted octanol–water partition coefficient (Wildman–Crippen LogP) is 2.68. The van der Waals surface area contributed by atoms with Gasteiger partial charge in [0, 0.05) is 18.5 Å². The summed E-state index contributed by atoms with van der Waals surface area (Å²) in [4.78, 5) is 4.05.